The number of nitrogens with one attached hydrogen (secondary N) is 1. The van der Waals surface area contributed by atoms with Crippen LogP contribution in [0.3, 0.4) is 0 Å². The molecule has 1 aromatic carbocycles. The number of amides is 1. The Balaban J connectivity index is 2.97. The number of rotatable bonds is 4. The van der Waals surface area contributed by atoms with Gasteiger partial charge in [-0.05, 0) is 25.5 Å². The zero-order valence-electron chi connectivity index (χ0n) is 9.64. The van der Waals surface area contributed by atoms with Crippen LogP contribution in [0.2, 0.25) is 0 Å². The molecule has 6 nitrogen and oxygen atoms in total. The third-order valence-electron chi connectivity index (χ3n) is 2.19. The predicted molar refractivity (Wildman–Crippen MR) is 61.8 cm³/mol. The molecule has 0 aliphatic carbocycles. The molecule has 0 aliphatic rings. The minimum atomic E-state index is -0.542. The summed E-state index contributed by atoms with van der Waals surface area (Å²) in [4.78, 5) is 21.8. The van der Waals surface area contributed by atoms with Crippen molar-refractivity contribution in [3.63, 3.8) is 0 Å². The minimum Gasteiger partial charge on any atom is -0.394 e. The Morgan fingerprint density at radius 2 is 2.18 bits per heavy atom. The lowest BCUT2D eigenvalue weighted by Crippen LogP contribution is -2.35. The average molecular weight is 238 g/mol. The van der Waals surface area contributed by atoms with E-state index in [1.165, 1.54) is 12.1 Å². The number of nitro benzene ring substituents is 1. The van der Waals surface area contributed by atoms with E-state index in [-0.39, 0.29) is 23.9 Å². The smallest absolute Gasteiger partial charge is 0.270 e. The highest BCUT2D eigenvalue weighted by atomic mass is 16.6. The Morgan fingerprint density at radius 1 is 1.53 bits per heavy atom. The molecule has 0 unspecified atom stereocenters. The Hall–Kier alpha value is -1.95. The highest BCUT2D eigenvalue weighted by Crippen LogP contribution is 2.16. The fourth-order valence-electron chi connectivity index (χ4n) is 1.35. The van der Waals surface area contributed by atoms with Gasteiger partial charge in [0, 0.05) is 23.7 Å². The molecule has 1 atom stereocenters. The lowest BCUT2D eigenvalue weighted by atomic mass is 10.1. The van der Waals surface area contributed by atoms with Gasteiger partial charge < -0.3 is 10.4 Å². The summed E-state index contributed by atoms with van der Waals surface area (Å²) >= 11 is 0. The van der Waals surface area contributed by atoms with E-state index in [0.29, 0.717) is 5.56 Å². The van der Waals surface area contributed by atoms with Crippen molar-refractivity contribution < 1.29 is 14.8 Å². The number of hydrogen-bond donors (Lipinski definition) is 2. The topological polar surface area (TPSA) is 92.5 Å². The molecule has 0 spiro atoms. The zero-order valence-corrected chi connectivity index (χ0v) is 9.64. The lowest BCUT2D eigenvalue weighted by Gasteiger charge is -2.10. The molecule has 6 heteroatoms. The van der Waals surface area contributed by atoms with Crippen molar-refractivity contribution in [2.24, 2.45) is 0 Å². The molecule has 0 aliphatic heterocycles. The summed E-state index contributed by atoms with van der Waals surface area (Å²) in [6.45, 7) is 3.14. The van der Waals surface area contributed by atoms with E-state index in [9.17, 15) is 14.9 Å². The van der Waals surface area contributed by atoms with Gasteiger partial charge in [0.05, 0.1) is 11.5 Å². The molecule has 17 heavy (non-hydrogen) atoms. The van der Waals surface area contributed by atoms with Gasteiger partial charge in [0.2, 0.25) is 0 Å². The van der Waals surface area contributed by atoms with Crippen molar-refractivity contribution in [3.8, 4) is 0 Å². The molecular weight excluding hydrogens is 224 g/mol. The maximum absolute atomic E-state index is 11.7. The van der Waals surface area contributed by atoms with Crippen LogP contribution in [0.1, 0.15) is 22.8 Å². The molecule has 0 bridgehead atoms. The zero-order chi connectivity index (χ0) is 13.0. The van der Waals surface area contributed by atoms with Crippen molar-refractivity contribution in [1.29, 1.82) is 0 Å². The maximum atomic E-state index is 11.7. The SMILES string of the molecule is Cc1cc(C(=O)N[C@H](C)CO)cc([N+](=O)[O-])c1. The van der Waals surface area contributed by atoms with Crippen LogP contribution in [0.15, 0.2) is 18.2 Å². The Labute approximate surface area is 98.4 Å². The minimum absolute atomic E-state index is 0.119. The monoisotopic (exact) mass is 238 g/mol. The van der Waals surface area contributed by atoms with Crippen molar-refractivity contribution in [3.05, 3.63) is 39.4 Å². The number of aryl methyl sites for hydroxylation is 1. The number of benzene rings is 1. The number of carbonyl (C=O) groups is 1. The number of non-ortho nitro benzene ring substituents is 1. The molecule has 2 N–H and O–H groups in total. The van der Waals surface area contributed by atoms with E-state index in [2.05, 4.69) is 5.32 Å². The van der Waals surface area contributed by atoms with Gasteiger partial charge in [-0.25, -0.2) is 0 Å². The van der Waals surface area contributed by atoms with Crippen molar-refractivity contribution in [2.75, 3.05) is 6.61 Å². The van der Waals surface area contributed by atoms with Gasteiger partial charge >= 0.3 is 0 Å². The largest absolute Gasteiger partial charge is 0.394 e. The normalized spacial score (nSPS) is 11.9. The summed E-state index contributed by atoms with van der Waals surface area (Å²) in [6.07, 6.45) is 0. The summed E-state index contributed by atoms with van der Waals surface area (Å²) in [5.74, 6) is -0.432. The first-order valence-electron chi connectivity index (χ1n) is 5.12. The Morgan fingerprint density at radius 3 is 2.71 bits per heavy atom. The second-order valence-electron chi connectivity index (χ2n) is 3.87. The molecule has 0 heterocycles. The van der Waals surface area contributed by atoms with Crippen LogP contribution >= 0.6 is 0 Å². The van der Waals surface area contributed by atoms with Crippen LogP contribution in [0.25, 0.3) is 0 Å². The number of hydrogen-bond acceptors (Lipinski definition) is 4. The van der Waals surface area contributed by atoms with E-state index in [0.717, 1.165) is 0 Å². The van der Waals surface area contributed by atoms with E-state index in [1.807, 2.05) is 0 Å². The van der Waals surface area contributed by atoms with Gasteiger partial charge in [-0.1, -0.05) is 0 Å². The van der Waals surface area contributed by atoms with Crippen LogP contribution in [0.5, 0.6) is 0 Å². The van der Waals surface area contributed by atoms with Crippen LogP contribution < -0.4 is 5.32 Å². The van der Waals surface area contributed by atoms with E-state index in [4.69, 9.17) is 5.11 Å². The number of carbonyl (C=O) groups excluding carboxylic acids is 1. The molecule has 0 saturated carbocycles. The molecule has 0 fully saturated rings. The Kier molecular flexibility index (Phi) is 4.17. The second kappa shape index (κ2) is 5.40. The highest BCUT2D eigenvalue weighted by molar-refractivity contribution is 5.95. The quantitative estimate of drug-likeness (QED) is 0.605. The number of aliphatic hydroxyl groups excluding tert-OH is 1. The standard InChI is InChI=1S/C11H14N2O4/c1-7-3-9(5-10(4-7)13(16)17)11(15)12-8(2)6-14/h3-5,8,14H,6H2,1-2H3,(H,12,15)/t8-/m1/s1. The fraction of sp³-hybridized carbons (Fsp3) is 0.364. The molecule has 0 aromatic heterocycles. The van der Waals surface area contributed by atoms with E-state index >= 15 is 0 Å². The predicted octanol–water partition coefficient (Wildman–Crippen LogP) is 1.01. The summed E-state index contributed by atoms with van der Waals surface area (Å²) in [5.41, 5.74) is 0.741. The van der Waals surface area contributed by atoms with Crippen LogP contribution in [-0.4, -0.2) is 28.6 Å². The van der Waals surface area contributed by atoms with Crippen molar-refractivity contribution in [1.82, 2.24) is 5.32 Å². The molecule has 1 rings (SSSR count). The van der Waals surface area contributed by atoms with Crippen LogP contribution in [0.4, 0.5) is 5.69 Å². The Bertz CT molecular complexity index is 445. The van der Waals surface area contributed by atoms with Crippen molar-refractivity contribution >= 4 is 11.6 Å². The number of aliphatic hydroxyl groups is 1. The summed E-state index contributed by atoms with van der Waals surface area (Å²) in [6, 6.07) is 3.78. The molecule has 1 amide bonds. The van der Waals surface area contributed by atoms with Gasteiger partial charge in [-0.3, -0.25) is 14.9 Å². The van der Waals surface area contributed by atoms with Gasteiger partial charge in [0.15, 0.2) is 0 Å². The van der Waals surface area contributed by atoms with E-state index in [1.54, 1.807) is 19.9 Å². The second-order valence-corrected chi connectivity index (χ2v) is 3.87. The van der Waals surface area contributed by atoms with Crippen molar-refractivity contribution in [2.45, 2.75) is 19.9 Å². The van der Waals surface area contributed by atoms with Gasteiger partial charge in [-0.2, -0.15) is 0 Å². The number of nitro groups is 1. The highest BCUT2D eigenvalue weighted by Gasteiger charge is 2.14. The van der Waals surface area contributed by atoms with Gasteiger partial charge in [0.1, 0.15) is 0 Å². The summed E-state index contributed by atoms with van der Waals surface area (Å²) < 4.78 is 0. The summed E-state index contributed by atoms with van der Waals surface area (Å²) in [5, 5.41) is 22.0. The molecule has 92 valence electrons. The molecule has 1 aromatic rings. The molecule has 0 radical (unpaired) electrons. The first-order valence-corrected chi connectivity index (χ1v) is 5.12. The van der Waals surface area contributed by atoms with Crippen LogP contribution in [0, 0.1) is 17.0 Å². The maximum Gasteiger partial charge on any atom is 0.270 e. The molecule has 0 saturated heterocycles. The molecular formula is C11H14N2O4. The van der Waals surface area contributed by atoms with E-state index < -0.39 is 10.8 Å². The first-order chi connectivity index (χ1) is 7.93. The van der Waals surface area contributed by atoms with Gasteiger partial charge in [0.25, 0.3) is 11.6 Å². The number of nitrogens with zero attached hydrogens (tertiary/aromatic N) is 1. The average Bonchev–Trinajstić information content (AvgIpc) is 2.27. The van der Waals surface area contributed by atoms with Gasteiger partial charge in [-0.15, -0.1) is 0 Å². The lowest BCUT2D eigenvalue weighted by molar-refractivity contribution is -0.384. The van der Waals surface area contributed by atoms with Crippen LogP contribution in [-0.2, 0) is 0 Å². The fourth-order valence-corrected chi connectivity index (χ4v) is 1.35. The third kappa shape index (κ3) is 3.53. The summed E-state index contributed by atoms with van der Waals surface area (Å²) in [7, 11) is 0. The third-order valence-corrected chi connectivity index (χ3v) is 2.19. The first kappa shape index (κ1) is 13.1.